The van der Waals surface area contributed by atoms with E-state index in [9.17, 15) is 17.6 Å². The number of hydrogen-bond acceptors (Lipinski definition) is 2. The second-order valence-corrected chi connectivity index (χ2v) is 4.41. The van der Waals surface area contributed by atoms with Gasteiger partial charge in [0.1, 0.15) is 0 Å². The van der Waals surface area contributed by atoms with Crippen molar-refractivity contribution in [1.29, 1.82) is 0 Å². The van der Waals surface area contributed by atoms with E-state index in [1.54, 1.807) is 6.92 Å². The fourth-order valence-corrected chi connectivity index (χ4v) is 1.41. The molecule has 1 radical (unpaired) electrons. The summed E-state index contributed by atoms with van der Waals surface area (Å²) in [6.07, 6.45) is 0. The van der Waals surface area contributed by atoms with Gasteiger partial charge in [-0.3, -0.25) is 4.39 Å². The quantitative estimate of drug-likeness (QED) is 0.526. The van der Waals surface area contributed by atoms with Crippen LogP contribution in [0.15, 0.2) is 12.1 Å². The minimum Gasteiger partial charge on any atom is -0.530 e. The Hall–Kier alpha value is -1.14. The number of hydrogen-bond donors (Lipinski definition) is 2. The van der Waals surface area contributed by atoms with Crippen molar-refractivity contribution in [3.63, 3.8) is 0 Å². The number of benzene rings is 2. The Kier molecular flexibility index (Phi) is 8.05. The molecule has 0 saturated heterocycles. The van der Waals surface area contributed by atoms with E-state index in [2.05, 4.69) is 0 Å². The van der Waals surface area contributed by atoms with Crippen molar-refractivity contribution >= 4 is 0 Å². The molecule has 0 heterocycles. The monoisotopic (exact) mass is 390 g/mol. The fraction of sp³-hybridized carbons (Fsp3) is 0.200. The van der Waals surface area contributed by atoms with E-state index in [-0.39, 0.29) is 43.8 Å². The Morgan fingerprint density at radius 1 is 0.864 bits per heavy atom. The average Bonchev–Trinajstić information content (AvgIpc) is 2.45. The molecule has 0 saturated carbocycles. The summed E-state index contributed by atoms with van der Waals surface area (Å²) in [6, 6.07) is 4.40. The summed E-state index contributed by atoms with van der Waals surface area (Å²) in [5, 5.41) is 17.5. The maximum atomic E-state index is 12.7. The summed E-state index contributed by atoms with van der Waals surface area (Å²) in [4.78, 5) is 0. The average molecular weight is 390 g/mol. The molecular weight excluding hydrogens is 377 g/mol. The molecule has 2 N–H and O–H groups in total. The molecule has 2 aromatic carbocycles. The SMILES string of the molecule is Cc1c[c-]c(F)c(F)c1O.Cc1cc(O)c(F)c(F)c1C.[Y]. The minimum absolute atomic E-state index is 0. The minimum atomic E-state index is -1.24. The van der Waals surface area contributed by atoms with E-state index in [0.717, 1.165) is 0 Å². The van der Waals surface area contributed by atoms with Crippen LogP contribution in [0.2, 0.25) is 0 Å². The number of rotatable bonds is 0. The molecule has 0 bridgehead atoms. The Morgan fingerprint density at radius 3 is 1.91 bits per heavy atom. The Bertz CT molecular complexity index is 622. The molecule has 0 atom stereocenters. The first kappa shape index (κ1) is 20.9. The van der Waals surface area contributed by atoms with Crippen LogP contribution in [-0.2, 0) is 32.7 Å². The van der Waals surface area contributed by atoms with Crippen LogP contribution >= 0.6 is 0 Å². The predicted octanol–water partition coefficient (Wildman–Crippen LogP) is 4.06. The van der Waals surface area contributed by atoms with Crippen LogP contribution in [-0.4, -0.2) is 10.2 Å². The maximum absolute atomic E-state index is 12.7. The predicted molar refractivity (Wildman–Crippen MR) is 69.1 cm³/mol. The third-order valence-corrected chi connectivity index (χ3v) is 2.88. The van der Waals surface area contributed by atoms with Crippen LogP contribution in [0.5, 0.6) is 11.5 Å². The summed E-state index contributed by atoms with van der Waals surface area (Å²) < 4.78 is 49.8. The van der Waals surface area contributed by atoms with Gasteiger partial charge in [0.05, 0.1) is 5.82 Å². The summed E-state index contributed by atoms with van der Waals surface area (Å²) >= 11 is 0. The molecule has 117 valence electrons. The van der Waals surface area contributed by atoms with Gasteiger partial charge in [0.15, 0.2) is 11.6 Å². The van der Waals surface area contributed by atoms with E-state index >= 15 is 0 Å². The van der Waals surface area contributed by atoms with Crippen LogP contribution in [0.1, 0.15) is 16.7 Å². The van der Waals surface area contributed by atoms with Gasteiger partial charge in [0, 0.05) is 44.3 Å². The zero-order valence-corrected chi connectivity index (χ0v) is 15.0. The van der Waals surface area contributed by atoms with Gasteiger partial charge in [-0.15, -0.1) is 11.6 Å². The molecule has 0 aromatic heterocycles. The smallest absolute Gasteiger partial charge is 0.200 e. The van der Waals surface area contributed by atoms with Gasteiger partial charge in [0.2, 0.25) is 5.82 Å². The molecule has 0 fully saturated rings. The molecular formula is C15H13F4O2Y-. The molecule has 0 aliphatic heterocycles. The molecule has 22 heavy (non-hydrogen) atoms. The van der Waals surface area contributed by atoms with E-state index in [1.165, 1.54) is 26.0 Å². The van der Waals surface area contributed by atoms with Gasteiger partial charge in [-0.25, -0.2) is 8.78 Å². The molecule has 0 unspecified atom stereocenters. The number of phenolic OH excluding ortho intramolecular Hbond substituents is 2. The Labute approximate surface area is 150 Å². The van der Waals surface area contributed by atoms with E-state index < -0.39 is 34.8 Å². The molecule has 2 rings (SSSR count). The molecule has 0 aliphatic carbocycles. The molecule has 2 aromatic rings. The van der Waals surface area contributed by atoms with Gasteiger partial charge < -0.3 is 10.2 Å². The van der Waals surface area contributed by atoms with Crippen LogP contribution in [0, 0.1) is 50.1 Å². The summed E-state index contributed by atoms with van der Waals surface area (Å²) in [6.45, 7) is 4.54. The van der Waals surface area contributed by atoms with Crippen LogP contribution in [0.3, 0.4) is 0 Å². The van der Waals surface area contributed by atoms with Crippen LogP contribution in [0.25, 0.3) is 0 Å². The standard InChI is InChI=1S/C8H8F2O.C7H5F2O.Y/c1-4-3-6(11)8(10)7(9)5(4)2;1-4-2-3-5(8)6(9)7(4)10;/h3,11H,1-2H3;2,10H,1H3;/q;-1;. The molecule has 0 amide bonds. The summed E-state index contributed by atoms with van der Waals surface area (Å²) in [5.41, 5.74) is 1.06. The van der Waals surface area contributed by atoms with Crippen molar-refractivity contribution in [3.8, 4) is 11.5 Å². The first-order valence-electron chi connectivity index (χ1n) is 5.86. The maximum Gasteiger partial charge on any atom is 0.200 e. The molecule has 0 aliphatic rings. The first-order valence-corrected chi connectivity index (χ1v) is 5.86. The second kappa shape index (κ2) is 8.48. The largest absolute Gasteiger partial charge is 0.530 e. The molecule has 7 heteroatoms. The van der Waals surface area contributed by atoms with Crippen molar-refractivity contribution in [3.05, 3.63) is 58.2 Å². The van der Waals surface area contributed by atoms with Crippen molar-refractivity contribution in [2.45, 2.75) is 20.8 Å². The van der Waals surface area contributed by atoms with E-state index in [4.69, 9.17) is 10.2 Å². The molecule has 2 nitrogen and oxygen atoms in total. The van der Waals surface area contributed by atoms with Gasteiger partial charge in [-0.1, -0.05) is 6.92 Å². The van der Waals surface area contributed by atoms with Gasteiger partial charge in [0.25, 0.3) is 0 Å². The number of aryl methyl sites for hydroxylation is 2. The van der Waals surface area contributed by atoms with Crippen molar-refractivity contribution < 1.29 is 60.5 Å². The third-order valence-electron chi connectivity index (χ3n) is 2.88. The van der Waals surface area contributed by atoms with E-state index in [0.29, 0.717) is 5.56 Å². The van der Waals surface area contributed by atoms with Crippen molar-refractivity contribution in [2.75, 3.05) is 0 Å². The summed E-state index contributed by atoms with van der Waals surface area (Å²) in [7, 11) is 0. The topological polar surface area (TPSA) is 40.5 Å². The number of halogens is 4. The molecule has 0 spiro atoms. The van der Waals surface area contributed by atoms with Gasteiger partial charge >= 0.3 is 0 Å². The van der Waals surface area contributed by atoms with Crippen LogP contribution < -0.4 is 0 Å². The fourth-order valence-electron chi connectivity index (χ4n) is 1.41. The first-order chi connectivity index (χ1) is 9.66. The van der Waals surface area contributed by atoms with Gasteiger partial charge in [-0.2, -0.15) is 10.5 Å². The zero-order valence-electron chi connectivity index (χ0n) is 12.1. The summed E-state index contributed by atoms with van der Waals surface area (Å²) in [5.74, 6) is -5.81. The van der Waals surface area contributed by atoms with Crippen molar-refractivity contribution in [2.24, 2.45) is 0 Å². The Morgan fingerprint density at radius 2 is 1.41 bits per heavy atom. The zero-order chi connectivity index (χ0) is 16.3. The second-order valence-electron chi connectivity index (χ2n) is 4.41. The number of phenols is 2. The third kappa shape index (κ3) is 4.68. The van der Waals surface area contributed by atoms with Crippen molar-refractivity contribution in [1.82, 2.24) is 0 Å². The van der Waals surface area contributed by atoms with Crippen LogP contribution in [0.4, 0.5) is 17.6 Å². The normalized spacial score (nSPS) is 9.59. The number of aromatic hydroxyl groups is 2. The Balaban J connectivity index is 0.000000385. The van der Waals surface area contributed by atoms with E-state index in [1.807, 2.05) is 6.07 Å². The van der Waals surface area contributed by atoms with Gasteiger partial charge in [-0.05, 0) is 31.0 Å².